The quantitative estimate of drug-likeness (QED) is 0.127. The van der Waals surface area contributed by atoms with Crippen LogP contribution in [0, 0.1) is 0 Å². The van der Waals surface area contributed by atoms with Crippen LogP contribution in [-0.4, -0.2) is 99.1 Å². The number of hydrogen-bond donors (Lipinski definition) is 3. The highest BCUT2D eigenvalue weighted by Gasteiger charge is 2.45. The summed E-state index contributed by atoms with van der Waals surface area (Å²) >= 11 is 0. The average Bonchev–Trinajstić information content (AvgIpc) is 3.67. The van der Waals surface area contributed by atoms with Crippen molar-refractivity contribution in [1.82, 2.24) is 24.7 Å². The summed E-state index contributed by atoms with van der Waals surface area (Å²) in [6.07, 6.45) is 5.76. The second kappa shape index (κ2) is 18.6. The third kappa shape index (κ3) is 8.68. The van der Waals surface area contributed by atoms with Gasteiger partial charge in [-0.1, -0.05) is 70.5 Å². The van der Waals surface area contributed by atoms with Crippen LogP contribution in [0.3, 0.4) is 0 Å². The molecule has 0 saturated carbocycles. The van der Waals surface area contributed by atoms with E-state index in [4.69, 9.17) is 19.2 Å². The van der Waals surface area contributed by atoms with Crippen molar-refractivity contribution in [3.63, 3.8) is 0 Å². The standard InChI is InChI=1S/C33H38N4O6.C16H21NO2/c1-3-22-23-16-21(43-32(40)36-14-10-20(11-15-36)35-12-6-5-7-13-35)8-9-27(23)34-29-24(22)18-37-28(29)17-26-25(30(37)38)19-42-31(39)33(26,41)4-2;1-12(2)17-10-14(18)11-19-16-9-5-7-13-6-3-4-8-15(13)16/h8-9,16-17,20,41H,3-7,10-15,18-19H2,1-2H3;3-9,12,14,17-18H,10-11H2,1-2H3/t33-;/m0./s1. The molecule has 2 saturated heterocycles. The van der Waals surface area contributed by atoms with E-state index in [0.717, 1.165) is 51.4 Å². The molecule has 6 heterocycles. The normalized spacial score (nSPS) is 19.3. The first-order chi connectivity index (χ1) is 30.0. The van der Waals surface area contributed by atoms with E-state index in [1.165, 1.54) is 32.4 Å². The van der Waals surface area contributed by atoms with E-state index in [1.807, 2.05) is 47.4 Å². The minimum atomic E-state index is -1.86. The third-order valence-electron chi connectivity index (χ3n) is 12.9. The molecular formula is C49H59N5O8. The molecular weight excluding hydrogens is 787 g/mol. The lowest BCUT2D eigenvalue weighted by atomic mass is 9.86. The lowest BCUT2D eigenvalue weighted by Gasteiger charge is -2.39. The maximum atomic E-state index is 13.6. The Morgan fingerprint density at radius 3 is 2.45 bits per heavy atom. The molecule has 4 aliphatic heterocycles. The van der Waals surface area contributed by atoms with Gasteiger partial charge < -0.3 is 44.1 Å². The fourth-order valence-corrected chi connectivity index (χ4v) is 9.41. The summed E-state index contributed by atoms with van der Waals surface area (Å²) in [5.41, 5.74) is 2.38. The van der Waals surface area contributed by atoms with Crippen molar-refractivity contribution in [3.05, 3.63) is 99.3 Å². The Hall–Kier alpha value is -5.34. The van der Waals surface area contributed by atoms with Gasteiger partial charge in [0.15, 0.2) is 5.60 Å². The lowest BCUT2D eigenvalue weighted by Crippen LogP contribution is -2.48. The van der Waals surface area contributed by atoms with Gasteiger partial charge >= 0.3 is 12.1 Å². The van der Waals surface area contributed by atoms with Crippen molar-refractivity contribution in [2.24, 2.45) is 0 Å². The van der Waals surface area contributed by atoms with Gasteiger partial charge in [-0.05, 0) is 92.9 Å². The topological polar surface area (TPSA) is 156 Å². The number of rotatable bonds is 10. The monoisotopic (exact) mass is 845 g/mol. The first kappa shape index (κ1) is 43.3. The number of aromatic nitrogens is 2. The number of aliphatic hydroxyl groups excluding tert-OH is 1. The van der Waals surface area contributed by atoms with Crippen molar-refractivity contribution in [2.45, 2.75) is 110 Å². The number of esters is 1. The van der Waals surface area contributed by atoms with E-state index in [2.05, 4.69) is 43.1 Å². The van der Waals surface area contributed by atoms with Gasteiger partial charge in [-0.15, -0.1) is 0 Å². The Morgan fingerprint density at radius 2 is 1.71 bits per heavy atom. The second-order valence-electron chi connectivity index (χ2n) is 17.2. The number of carbonyl (C=O) groups is 2. The van der Waals surface area contributed by atoms with Crippen LogP contribution in [0.1, 0.15) is 88.5 Å². The van der Waals surface area contributed by atoms with E-state index in [-0.39, 0.29) is 24.7 Å². The van der Waals surface area contributed by atoms with Crippen LogP contribution in [0.25, 0.3) is 33.1 Å². The zero-order valence-electron chi connectivity index (χ0n) is 36.3. The molecule has 3 N–H and O–H groups in total. The molecule has 62 heavy (non-hydrogen) atoms. The molecule has 2 aromatic heterocycles. The number of carbonyl (C=O) groups excluding carboxylic acids is 2. The number of ether oxygens (including phenoxy) is 3. The Morgan fingerprint density at radius 1 is 0.952 bits per heavy atom. The van der Waals surface area contributed by atoms with Crippen molar-refractivity contribution in [2.75, 3.05) is 39.3 Å². The Labute approximate surface area is 362 Å². The van der Waals surface area contributed by atoms with Gasteiger partial charge in [0.25, 0.3) is 5.56 Å². The molecule has 0 spiro atoms. The number of nitrogens with zero attached hydrogens (tertiary/aromatic N) is 4. The van der Waals surface area contributed by atoms with Crippen LogP contribution in [0.5, 0.6) is 11.5 Å². The van der Waals surface area contributed by atoms with E-state index in [1.54, 1.807) is 23.6 Å². The minimum absolute atomic E-state index is 0.0951. The Kier molecular flexibility index (Phi) is 13.0. The zero-order valence-corrected chi connectivity index (χ0v) is 36.3. The summed E-state index contributed by atoms with van der Waals surface area (Å²) in [5, 5.41) is 27.3. The number of amides is 1. The summed E-state index contributed by atoms with van der Waals surface area (Å²) in [7, 11) is 0. The lowest BCUT2D eigenvalue weighted by molar-refractivity contribution is -0.172. The predicted octanol–water partition coefficient (Wildman–Crippen LogP) is 6.67. The minimum Gasteiger partial charge on any atom is -0.490 e. The van der Waals surface area contributed by atoms with Gasteiger partial charge in [0.05, 0.1) is 29.0 Å². The maximum Gasteiger partial charge on any atom is 0.415 e. The summed E-state index contributed by atoms with van der Waals surface area (Å²) in [4.78, 5) is 48.5. The molecule has 1 amide bonds. The smallest absolute Gasteiger partial charge is 0.415 e. The highest BCUT2D eigenvalue weighted by Crippen LogP contribution is 2.41. The van der Waals surface area contributed by atoms with Gasteiger partial charge in [0.2, 0.25) is 0 Å². The van der Waals surface area contributed by atoms with Gasteiger partial charge in [0, 0.05) is 53.6 Å². The fourth-order valence-electron chi connectivity index (χ4n) is 9.41. The number of fused-ring (bicyclic) bond motifs is 6. The van der Waals surface area contributed by atoms with Gasteiger partial charge in [-0.2, -0.15) is 0 Å². The Bertz CT molecular complexity index is 2500. The Balaban J connectivity index is 0.000000233. The number of cyclic esters (lactones) is 1. The molecule has 0 aliphatic carbocycles. The van der Waals surface area contributed by atoms with Crippen molar-refractivity contribution in [1.29, 1.82) is 0 Å². The van der Waals surface area contributed by atoms with Crippen LogP contribution in [0.15, 0.2) is 71.5 Å². The number of likely N-dealkylation sites (tertiary alicyclic amines) is 2. The second-order valence-corrected chi connectivity index (χ2v) is 17.2. The number of benzene rings is 3. The van der Waals surface area contributed by atoms with Crippen LogP contribution in [0.4, 0.5) is 4.79 Å². The van der Waals surface area contributed by atoms with E-state index < -0.39 is 17.7 Å². The van der Waals surface area contributed by atoms with Crippen LogP contribution in [0.2, 0.25) is 0 Å². The highest BCUT2D eigenvalue weighted by atomic mass is 16.6. The molecule has 2 fully saturated rings. The molecule has 13 nitrogen and oxygen atoms in total. The molecule has 3 aromatic carbocycles. The van der Waals surface area contributed by atoms with E-state index >= 15 is 0 Å². The van der Waals surface area contributed by atoms with Crippen LogP contribution in [-0.2, 0) is 34.7 Å². The van der Waals surface area contributed by atoms with E-state index in [9.17, 15) is 24.6 Å². The van der Waals surface area contributed by atoms with Gasteiger partial charge in [-0.3, -0.25) is 4.79 Å². The molecule has 5 aromatic rings. The van der Waals surface area contributed by atoms with Crippen LogP contribution >= 0.6 is 0 Å². The molecule has 1 unspecified atom stereocenters. The maximum absolute atomic E-state index is 13.6. The number of aliphatic hydroxyl groups is 2. The van der Waals surface area contributed by atoms with Crippen molar-refractivity contribution >= 4 is 33.7 Å². The fraction of sp³-hybridized carbons (Fsp3) is 0.469. The van der Waals surface area contributed by atoms with Gasteiger partial charge in [0.1, 0.15) is 30.8 Å². The number of piperidine rings is 2. The summed E-state index contributed by atoms with van der Waals surface area (Å²) in [6.45, 7) is 12.6. The molecule has 2 atom stereocenters. The largest absolute Gasteiger partial charge is 0.490 e. The third-order valence-corrected chi connectivity index (χ3v) is 12.9. The average molecular weight is 846 g/mol. The van der Waals surface area contributed by atoms with Gasteiger partial charge in [-0.25, -0.2) is 14.6 Å². The van der Waals surface area contributed by atoms with Crippen molar-refractivity contribution in [3.8, 4) is 22.9 Å². The SMILES string of the molecule is CC(C)NCC(O)COc1cccc2ccccc12.CCc1c2c(nc3ccc(OC(=O)N4CCC(N5CCCCC5)CC4)cc13)-c1cc3c(c(=O)n1C2)COC(=O)[C@]3(O)CC. The first-order valence-corrected chi connectivity index (χ1v) is 22.3. The van der Waals surface area contributed by atoms with E-state index in [0.29, 0.717) is 79.6 Å². The molecule has 328 valence electrons. The molecule has 4 aliphatic rings. The number of pyridine rings is 2. The number of nitrogens with one attached hydrogen (secondary N) is 1. The van der Waals surface area contributed by atoms with Crippen molar-refractivity contribution < 1.29 is 34.0 Å². The zero-order chi connectivity index (χ0) is 43.5. The summed E-state index contributed by atoms with van der Waals surface area (Å²) in [5.74, 6) is 0.555. The van der Waals surface area contributed by atoms with Crippen LogP contribution < -0.4 is 20.3 Å². The molecule has 9 rings (SSSR count). The highest BCUT2D eigenvalue weighted by molar-refractivity contribution is 5.91. The summed E-state index contributed by atoms with van der Waals surface area (Å²) < 4.78 is 18.4. The predicted molar refractivity (Wildman–Crippen MR) is 239 cm³/mol. The number of hydrogen-bond acceptors (Lipinski definition) is 11. The first-order valence-electron chi connectivity index (χ1n) is 22.3. The molecule has 13 heteroatoms. The molecule has 0 radical (unpaired) electrons. The summed E-state index contributed by atoms with van der Waals surface area (Å²) in [6, 6.07) is 22.2. The molecule has 0 bridgehead atoms. The number of aryl methyl sites for hydroxylation is 1.